The van der Waals surface area contributed by atoms with Gasteiger partial charge in [0.15, 0.2) is 0 Å². The van der Waals surface area contributed by atoms with Crippen LogP contribution in [0.25, 0.3) is 44.6 Å². The minimum Gasteiger partial charge on any atom is -0.443 e. The lowest BCUT2D eigenvalue weighted by atomic mass is 10.2. The quantitative estimate of drug-likeness (QED) is 0.217. The number of hydrogen-bond acceptors (Lipinski definition) is 6. The number of fused-ring (bicyclic) bond motifs is 2. The summed E-state index contributed by atoms with van der Waals surface area (Å²) in [7, 11) is 0. The molecule has 39 heavy (non-hydrogen) atoms. The number of aromatic nitrogens is 6. The Morgan fingerprint density at radius 1 is 0.795 bits per heavy atom. The molecule has 6 aromatic rings. The third-order valence-electron chi connectivity index (χ3n) is 5.62. The van der Waals surface area contributed by atoms with Crippen LogP contribution in [0, 0.1) is 0 Å². The molecule has 8 nitrogen and oxygen atoms in total. The zero-order chi connectivity index (χ0) is 27.6. The fourth-order valence-electron chi connectivity index (χ4n) is 4.01. The molecule has 0 saturated heterocycles. The Kier molecular flexibility index (Phi) is 7.32. The van der Waals surface area contributed by atoms with Crippen LogP contribution in [-0.2, 0) is 4.74 Å². The number of aromatic amines is 1. The van der Waals surface area contributed by atoms with E-state index in [9.17, 15) is 4.79 Å². The van der Waals surface area contributed by atoms with Crippen LogP contribution < -0.4 is 0 Å². The summed E-state index contributed by atoms with van der Waals surface area (Å²) in [4.78, 5) is 32.1. The van der Waals surface area contributed by atoms with E-state index in [0.717, 1.165) is 33.2 Å². The van der Waals surface area contributed by atoms with Crippen LogP contribution in [0.3, 0.4) is 0 Å². The van der Waals surface area contributed by atoms with Gasteiger partial charge in [-0.05, 0) is 45.0 Å². The molecule has 0 aliphatic carbocycles. The second-order valence-corrected chi connectivity index (χ2v) is 10.4. The number of benzene rings is 2. The van der Waals surface area contributed by atoms with Crippen molar-refractivity contribution in [2.24, 2.45) is 0 Å². The number of hydrogen-bond donors (Lipinski definition) is 1. The van der Waals surface area contributed by atoms with Crippen molar-refractivity contribution in [3.63, 3.8) is 0 Å². The zero-order valence-electron chi connectivity index (χ0n) is 21.4. The minimum absolute atomic E-state index is 0.316. The highest BCUT2D eigenvalue weighted by Gasteiger charge is 2.23. The molecular weight excluding hydrogens is 535 g/mol. The largest absolute Gasteiger partial charge is 0.443 e. The molecule has 196 valence electrons. The van der Waals surface area contributed by atoms with Crippen LogP contribution in [0.4, 0.5) is 4.79 Å². The van der Waals surface area contributed by atoms with Gasteiger partial charge in [-0.15, -0.1) is 0 Å². The number of halogens is 2. The lowest BCUT2D eigenvalue weighted by Crippen LogP contribution is -2.27. The standard InChI is InChI=1S/C17H16ClN3O2.C12H8ClN3/c1-17(2,3)23-16(22)21-13-7-5-4-6-11(13)8-14(21)12-9-15(18)20-10-19-12;13-12-6-10(14-7-15-12)11-5-8-3-1-2-4-9(8)16-11/h4-10H,1-3H3;1-7,16H. The van der Waals surface area contributed by atoms with Crippen molar-refractivity contribution in [3.05, 3.63) is 95.8 Å². The molecule has 10 heteroatoms. The Hall–Kier alpha value is -4.27. The maximum Gasteiger partial charge on any atom is 0.419 e. The van der Waals surface area contributed by atoms with Gasteiger partial charge in [0.05, 0.1) is 28.3 Å². The topological polar surface area (TPSA) is 98.6 Å². The molecular formula is C29H24Cl2N6O2. The molecule has 0 bridgehead atoms. The van der Waals surface area contributed by atoms with Gasteiger partial charge in [-0.25, -0.2) is 29.3 Å². The summed E-state index contributed by atoms with van der Waals surface area (Å²) >= 11 is 11.8. The van der Waals surface area contributed by atoms with E-state index in [2.05, 4.69) is 31.0 Å². The van der Waals surface area contributed by atoms with Crippen molar-refractivity contribution in [1.29, 1.82) is 0 Å². The minimum atomic E-state index is -0.594. The number of ether oxygens (including phenoxy) is 1. The Labute approximate surface area is 234 Å². The number of para-hydroxylation sites is 2. The molecule has 6 rings (SSSR count). The molecule has 0 spiro atoms. The van der Waals surface area contributed by atoms with Gasteiger partial charge in [0.25, 0.3) is 0 Å². The molecule has 4 aromatic heterocycles. The number of H-pyrrole nitrogens is 1. The lowest BCUT2D eigenvalue weighted by Gasteiger charge is -2.20. The molecule has 0 saturated carbocycles. The first-order valence-electron chi connectivity index (χ1n) is 12.1. The predicted octanol–water partition coefficient (Wildman–Crippen LogP) is 7.81. The van der Waals surface area contributed by atoms with Gasteiger partial charge in [-0.1, -0.05) is 59.6 Å². The van der Waals surface area contributed by atoms with E-state index in [1.807, 2.05) is 75.4 Å². The monoisotopic (exact) mass is 558 g/mol. The summed E-state index contributed by atoms with van der Waals surface area (Å²) in [6.07, 6.45) is 2.38. The van der Waals surface area contributed by atoms with E-state index in [1.54, 1.807) is 12.1 Å². The SMILES string of the molecule is CC(C)(C)OC(=O)n1c(-c2cc(Cl)ncn2)cc2ccccc21.Clc1cc(-c2cc3ccccc3[nH]2)ncn1. The van der Waals surface area contributed by atoms with Crippen LogP contribution in [0.5, 0.6) is 0 Å². The zero-order valence-corrected chi connectivity index (χ0v) is 22.9. The number of rotatable bonds is 2. The second kappa shape index (κ2) is 10.8. The van der Waals surface area contributed by atoms with Gasteiger partial charge < -0.3 is 9.72 Å². The summed E-state index contributed by atoms with van der Waals surface area (Å²) in [5.41, 5.74) is 4.18. The number of carbonyl (C=O) groups is 1. The van der Waals surface area contributed by atoms with Gasteiger partial charge in [0, 0.05) is 28.4 Å². The van der Waals surface area contributed by atoms with E-state index in [4.69, 9.17) is 27.9 Å². The highest BCUT2D eigenvalue weighted by atomic mass is 35.5. The van der Waals surface area contributed by atoms with Crippen molar-refractivity contribution < 1.29 is 9.53 Å². The van der Waals surface area contributed by atoms with Crippen LogP contribution >= 0.6 is 23.2 Å². The molecule has 4 heterocycles. The number of carbonyl (C=O) groups excluding carboxylic acids is 1. The molecule has 2 aromatic carbocycles. The molecule has 0 atom stereocenters. The van der Waals surface area contributed by atoms with Crippen molar-refractivity contribution in [3.8, 4) is 22.8 Å². The lowest BCUT2D eigenvalue weighted by molar-refractivity contribution is 0.0547. The van der Waals surface area contributed by atoms with Crippen molar-refractivity contribution in [2.75, 3.05) is 0 Å². The third kappa shape index (κ3) is 6.08. The normalized spacial score (nSPS) is 11.3. The van der Waals surface area contributed by atoms with Crippen LogP contribution in [0.15, 0.2) is 85.5 Å². The highest BCUT2D eigenvalue weighted by Crippen LogP contribution is 2.29. The van der Waals surface area contributed by atoms with Gasteiger partial charge >= 0.3 is 6.09 Å². The van der Waals surface area contributed by atoms with Crippen LogP contribution in [-0.4, -0.2) is 41.2 Å². The molecule has 0 aliphatic heterocycles. The summed E-state index contributed by atoms with van der Waals surface area (Å²) < 4.78 is 7.04. The Bertz CT molecular complexity index is 1760. The highest BCUT2D eigenvalue weighted by molar-refractivity contribution is 6.29. The van der Waals surface area contributed by atoms with E-state index < -0.39 is 11.7 Å². The maximum atomic E-state index is 12.7. The molecule has 0 aliphatic rings. The smallest absolute Gasteiger partial charge is 0.419 e. The molecule has 0 fully saturated rings. The van der Waals surface area contributed by atoms with Crippen molar-refractivity contribution in [1.82, 2.24) is 29.5 Å². The van der Waals surface area contributed by atoms with E-state index in [-0.39, 0.29) is 0 Å². The summed E-state index contributed by atoms with van der Waals surface area (Å²) in [5, 5.41) is 2.84. The van der Waals surface area contributed by atoms with Gasteiger partial charge in [0.2, 0.25) is 0 Å². The number of nitrogens with one attached hydrogen (secondary N) is 1. The average molecular weight is 559 g/mol. The third-order valence-corrected chi connectivity index (χ3v) is 6.04. The molecule has 0 radical (unpaired) electrons. The molecule has 0 amide bonds. The van der Waals surface area contributed by atoms with Gasteiger partial charge in [0.1, 0.15) is 28.6 Å². The molecule has 1 N–H and O–H groups in total. The van der Waals surface area contributed by atoms with Crippen molar-refractivity contribution >= 4 is 51.1 Å². The van der Waals surface area contributed by atoms with E-state index >= 15 is 0 Å². The summed E-state index contributed by atoms with van der Waals surface area (Å²) in [6, 6.07) is 23.0. The van der Waals surface area contributed by atoms with Crippen LogP contribution in [0.1, 0.15) is 20.8 Å². The van der Waals surface area contributed by atoms with Gasteiger partial charge in [-0.2, -0.15) is 0 Å². The maximum absolute atomic E-state index is 12.7. The molecule has 0 unspecified atom stereocenters. The average Bonchev–Trinajstić information content (AvgIpc) is 3.50. The first kappa shape index (κ1) is 26.3. The Balaban J connectivity index is 0.000000168. The predicted molar refractivity (Wildman–Crippen MR) is 154 cm³/mol. The Morgan fingerprint density at radius 2 is 1.41 bits per heavy atom. The van der Waals surface area contributed by atoms with Crippen molar-refractivity contribution in [2.45, 2.75) is 26.4 Å². The number of nitrogens with zero attached hydrogens (tertiary/aromatic N) is 5. The summed E-state index contributed by atoms with van der Waals surface area (Å²) in [6.45, 7) is 5.49. The fourth-order valence-corrected chi connectivity index (χ4v) is 4.31. The van der Waals surface area contributed by atoms with Gasteiger partial charge in [-0.3, -0.25) is 0 Å². The fraction of sp³-hybridized carbons (Fsp3) is 0.138. The summed E-state index contributed by atoms with van der Waals surface area (Å²) in [5.74, 6) is 0. The Morgan fingerprint density at radius 3 is 2.08 bits per heavy atom. The first-order chi connectivity index (χ1) is 18.7. The second-order valence-electron chi connectivity index (χ2n) is 9.63. The van der Waals surface area contributed by atoms with Crippen LogP contribution in [0.2, 0.25) is 10.3 Å². The first-order valence-corrected chi connectivity index (χ1v) is 12.8. The van der Waals surface area contributed by atoms with E-state index in [0.29, 0.717) is 21.7 Å². The van der Waals surface area contributed by atoms with E-state index in [1.165, 1.54) is 17.2 Å².